The highest BCUT2D eigenvalue weighted by molar-refractivity contribution is 5.74. The smallest absolute Gasteiger partial charge is 0.335 e. The second-order valence-electron chi connectivity index (χ2n) is 20.3. The molecule has 1 aliphatic rings. The summed E-state index contributed by atoms with van der Waals surface area (Å²) < 4.78 is 28.4. The number of carbonyl (C=O) groups excluding carboxylic acids is 3. The van der Waals surface area contributed by atoms with Crippen LogP contribution in [0.15, 0.2) is 72.9 Å². The van der Waals surface area contributed by atoms with E-state index >= 15 is 0 Å². The molecule has 12 heteroatoms. The number of rotatable bonds is 50. The van der Waals surface area contributed by atoms with E-state index in [1.807, 2.05) is 0 Å². The molecule has 0 spiro atoms. The summed E-state index contributed by atoms with van der Waals surface area (Å²) in [7, 11) is 0. The second-order valence-corrected chi connectivity index (χ2v) is 20.3. The zero-order chi connectivity index (χ0) is 54.7. The van der Waals surface area contributed by atoms with Crippen molar-refractivity contribution in [3.8, 4) is 0 Å². The fourth-order valence-electron chi connectivity index (χ4n) is 8.68. The zero-order valence-electron chi connectivity index (χ0n) is 47.3. The van der Waals surface area contributed by atoms with Gasteiger partial charge in [0, 0.05) is 19.3 Å². The molecule has 6 unspecified atom stereocenters. The zero-order valence-corrected chi connectivity index (χ0v) is 47.3. The highest BCUT2D eigenvalue weighted by atomic mass is 16.7. The maximum atomic E-state index is 13.1. The average Bonchev–Trinajstić information content (AvgIpc) is 3.39. The van der Waals surface area contributed by atoms with Gasteiger partial charge >= 0.3 is 23.9 Å². The number of ether oxygens (including phenoxy) is 5. The Morgan fingerprint density at radius 3 is 1.31 bits per heavy atom. The number of unbranched alkanes of at least 4 members (excludes halogenated alkanes) is 24. The summed E-state index contributed by atoms with van der Waals surface area (Å²) in [6.45, 7) is 5.83. The molecular weight excluding hydrogens is 949 g/mol. The Bertz CT molecular complexity index is 1580. The topological polar surface area (TPSA) is 175 Å². The van der Waals surface area contributed by atoms with Crippen LogP contribution in [0.4, 0.5) is 0 Å². The molecule has 1 fully saturated rings. The maximum absolute atomic E-state index is 13.1. The lowest BCUT2D eigenvalue weighted by atomic mass is 9.98. The average molecular weight is 1060 g/mol. The molecule has 6 atom stereocenters. The van der Waals surface area contributed by atoms with Gasteiger partial charge in [0.25, 0.3) is 0 Å². The first-order valence-electron chi connectivity index (χ1n) is 29.9. The van der Waals surface area contributed by atoms with Gasteiger partial charge < -0.3 is 39.0 Å². The molecule has 3 N–H and O–H groups in total. The Labute approximate surface area is 455 Å². The van der Waals surface area contributed by atoms with Crippen molar-refractivity contribution in [3.63, 3.8) is 0 Å². The molecule has 12 nitrogen and oxygen atoms in total. The Balaban J connectivity index is 2.67. The van der Waals surface area contributed by atoms with E-state index in [1.54, 1.807) is 0 Å². The van der Waals surface area contributed by atoms with Crippen LogP contribution >= 0.6 is 0 Å². The molecular formula is C63H106O12. The number of carboxylic acid groups (broad SMARTS) is 1. The maximum Gasteiger partial charge on any atom is 0.335 e. The van der Waals surface area contributed by atoms with Gasteiger partial charge in [-0.1, -0.05) is 216 Å². The molecule has 1 saturated heterocycles. The van der Waals surface area contributed by atoms with E-state index in [9.17, 15) is 34.5 Å². The Morgan fingerprint density at radius 1 is 0.453 bits per heavy atom. The predicted octanol–water partition coefficient (Wildman–Crippen LogP) is 15.3. The number of carboxylic acids is 1. The van der Waals surface area contributed by atoms with Gasteiger partial charge in [0.15, 0.2) is 24.6 Å². The molecule has 0 amide bonds. The number of aliphatic carboxylic acids is 1. The molecule has 1 rings (SSSR count). The predicted molar refractivity (Wildman–Crippen MR) is 303 cm³/mol. The fraction of sp³-hybridized carbons (Fsp3) is 0.746. The van der Waals surface area contributed by atoms with E-state index in [-0.39, 0.29) is 25.9 Å². The minimum Gasteiger partial charge on any atom is -0.479 e. The van der Waals surface area contributed by atoms with E-state index in [0.717, 1.165) is 122 Å². The van der Waals surface area contributed by atoms with Crippen LogP contribution in [0.2, 0.25) is 0 Å². The summed E-state index contributed by atoms with van der Waals surface area (Å²) in [5.41, 5.74) is 0. The number of aliphatic hydroxyl groups is 2. The van der Waals surface area contributed by atoms with Crippen LogP contribution in [0.1, 0.15) is 252 Å². The van der Waals surface area contributed by atoms with E-state index < -0.39 is 67.3 Å². The van der Waals surface area contributed by atoms with Gasteiger partial charge in [0.2, 0.25) is 0 Å². The Kier molecular flexibility index (Phi) is 47.0. The monoisotopic (exact) mass is 1050 g/mol. The van der Waals surface area contributed by atoms with Crippen LogP contribution in [-0.2, 0) is 42.9 Å². The normalized spacial score (nSPS) is 18.7. The van der Waals surface area contributed by atoms with Gasteiger partial charge in [-0.2, -0.15) is 0 Å². The lowest BCUT2D eigenvalue weighted by Gasteiger charge is -2.40. The number of hydrogen-bond donors (Lipinski definition) is 3. The van der Waals surface area contributed by atoms with Gasteiger partial charge in [-0.05, 0) is 89.9 Å². The molecule has 0 saturated carbocycles. The van der Waals surface area contributed by atoms with Crippen LogP contribution in [0.25, 0.3) is 0 Å². The van der Waals surface area contributed by atoms with E-state index in [1.165, 1.54) is 70.6 Å². The van der Waals surface area contributed by atoms with Gasteiger partial charge in [-0.3, -0.25) is 14.4 Å². The summed E-state index contributed by atoms with van der Waals surface area (Å²) in [4.78, 5) is 51.1. The van der Waals surface area contributed by atoms with Gasteiger partial charge in [-0.25, -0.2) is 4.79 Å². The molecule has 1 heterocycles. The SMILES string of the molecule is CC/C=C\C/C=C\C/C=C\CCCCCCCC(=O)OC1C(OCC(COC(=O)CCCCCCCC/C=C\C/C=C\C/C=C\CCCCC)OC(=O)CCCCCCCCCCCCC)OC(C(=O)O)C(O)C1O. The first kappa shape index (κ1) is 69.2. The third kappa shape index (κ3) is 41.0. The largest absolute Gasteiger partial charge is 0.479 e. The van der Waals surface area contributed by atoms with Crippen molar-refractivity contribution in [2.45, 2.75) is 289 Å². The second kappa shape index (κ2) is 50.9. The minimum atomic E-state index is -1.91. The van der Waals surface area contributed by atoms with Crippen LogP contribution in [0, 0.1) is 0 Å². The summed E-state index contributed by atoms with van der Waals surface area (Å²) in [6.07, 6.45) is 51.5. The highest BCUT2D eigenvalue weighted by Gasteiger charge is 2.50. The molecule has 0 aromatic heterocycles. The van der Waals surface area contributed by atoms with Crippen molar-refractivity contribution in [1.29, 1.82) is 0 Å². The van der Waals surface area contributed by atoms with Crippen LogP contribution in [-0.4, -0.2) is 89.2 Å². The minimum absolute atomic E-state index is 0.0388. The first-order chi connectivity index (χ1) is 36.6. The number of carbonyl (C=O) groups is 4. The van der Waals surface area contributed by atoms with E-state index in [0.29, 0.717) is 19.3 Å². The lowest BCUT2D eigenvalue weighted by molar-refractivity contribution is -0.301. The summed E-state index contributed by atoms with van der Waals surface area (Å²) in [6, 6.07) is 0. The number of allylic oxidation sites excluding steroid dienone is 12. The summed E-state index contributed by atoms with van der Waals surface area (Å²) in [5, 5.41) is 31.5. The lowest BCUT2D eigenvalue weighted by Crippen LogP contribution is -2.61. The molecule has 0 aromatic carbocycles. The molecule has 75 heavy (non-hydrogen) atoms. The van der Waals surface area contributed by atoms with Gasteiger partial charge in [0.05, 0.1) is 6.61 Å². The third-order valence-corrected chi connectivity index (χ3v) is 13.3. The Hall–Kier alpha value is -3.84. The van der Waals surface area contributed by atoms with E-state index in [2.05, 4.69) is 93.7 Å². The molecule has 430 valence electrons. The van der Waals surface area contributed by atoms with Gasteiger partial charge in [0.1, 0.15) is 18.8 Å². The van der Waals surface area contributed by atoms with E-state index in [4.69, 9.17) is 23.7 Å². The molecule has 0 aromatic rings. The van der Waals surface area contributed by atoms with Crippen molar-refractivity contribution < 1.29 is 58.2 Å². The van der Waals surface area contributed by atoms with Crippen molar-refractivity contribution in [2.24, 2.45) is 0 Å². The van der Waals surface area contributed by atoms with Crippen molar-refractivity contribution in [2.75, 3.05) is 13.2 Å². The fourth-order valence-corrected chi connectivity index (χ4v) is 8.68. The van der Waals surface area contributed by atoms with Crippen molar-refractivity contribution >= 4 is 23.9 Å². The summed E-state index contributed by atoms with van der Waals surface area (Å²) >= 11 is 0. The molecule has 1 aliphatic heterocycles. The highest BCUT2D eigenvalue weighted by Crippen LogP contribution is 2.26. The Morgan fingerprint density at radius 2 is 0.840 bits per heavy atom. The van der Waals surface area contributed by atoms with Crippen molar-refractivity contribution in [3.05, 3.63) is 72.9 Å². The third-order valence-electron chi connectivity index (χ3n) is 13.3. The van der Waals surface area contributed by atoms with Gasteiger partial charge in [-0.15, -0.1) is 0 Å². The van der Waals surface area contributed by atoms with Crippen LogP contribution in [0.5, 0.6) is 0 Å². The number of aliphatic hydroxyl groups excluding tert-OH is 2. The standard InChI is InChI=1S/C63H106O12/c1-4-7-10-13-16-19-22-24-26-27-28-29-31-32-35-37-40-43-46-49-55(64)71-52-54(73-56(65)50-47-44-41-38-34-21-18-15-12-9-6-3)53-72-63-61(59(68)58(67)60(75-63)62(69)70)74-57(66)51-48-45-42-39-36-33-30-25-23-20-17-14-11-8-5-2/h8,11,16-17,19-20,24-26,28-30,54,58-61,63,67-68H,4-7,9-10,12-15,18,21-23,27,31-53H2,1-3H3,(H,69,70)/b11-8-,19-16-,20-17-,26-24-,29-28-,30-25-. The summed E-state index contributed by atoms with van der Waals surface area (Å²) in [5.74, 6) is -3.15. The molecule has 0 bridgehead atoms. The number of esters is 3. The molecule has 0 aliphatic carbocycles. The number of hydrogen-bond acceptors (Lipinski definition) is 11. The van der Waals surface area contributed by atoms with Crippen LogP contribution in [0.3, 0.4) is 0 Å². The first-order valence-corrected chi connectivity index (χ1v) is 29.9. The quantitative estimate of drug-likeness (QED) is 0.0228. The molecule has 0 radical (unpaired) electrons. The van der Waals surface area contributed by atoms with Crippen molar-refractivity contribution in [1.82, 2.24) is 0 Å². The van der Waals surface area contributed by atoms with Crippen LogP contribution < -0.4 is 0 Å².